The van der Waals surface area contributed by atoms with Gasteiger partial charge in [0.1, 0.15) is 0 Å². The largest absolute Gasteiger partial charge is 0.416 e. The zero-order valence-corrected chi connectivity index (χ0v) is 17.5. The molecule has 2 aromatic rings. The van der Waals surface area contributed by atoms with Gasteiger partial charge in [-0.1, -0.05) is 12.1 Å². The molecule has 1 atom stereocenters. The molecule has 0 heterocycles. The maximum absolute atomic E-state index is 13.0. The summed E-state index contributed by atoms with van der Waals surface area (Å²) < 4.78 is 39.0. The third kappa shape index (κ3) is 5.37. The highest BCUT2D eigenvalue weighted by Gasteiger charge is 2.31. The topological polar surface area (TPSA) is 35.9 Å². The number of nitrogens with zero attached hydrogens (tertiary/aromatic N) is 3. The highest BCUT2D eigenvalue weighted by atomic mass is 19.4. The number of aliphatic imine (C=N–C) groups is 1. The zero-order valence-electron chi connectivity index (χ0n) is 17.5. The fourth-order valence-corrected chi connectivity index (χ4v) is 2.91. The number of hydrogen-bond donors (Lipinski definition) is 0. The molecular weight excluding hydrogens is 379 g/mol. The Labute approximate surface area is 169 Å². The van der Waals surface area contributed by atoms with Crippen molar-refractivity contribution in [2.75, 3.05) is 21.1 Å². The first kappa shape index (κ1) is 22.5. The number of alkyl halides is 3. The molecule has 0 bridgehead atoms. The number of amides is 1. The second kappa shape index (κ2) is 8.68. The minimum atomic E-state index is -4.42. The molecule has 2 aromatic carbocycles. The summed E-state index contributed by atoms with van der Waals surface area (Å²) in [6, 6.07) is 8.17. The van der Waals surface area contributed by atoms with Gasteiger partial charge < -0.3 is 9.80 Å². The molecule has 156 valence electrons. The normalized spacial score (nSPS) is 12.9. The Hall–Kier alpha value is -2.83. The summed E-state index contributed by atoms with van der Waals surface area (Å²) in [4.78, 5) is 20.7. The van der Waals surface area contributed by atoms with E-state index >= 15 is 0 Å². The molecule has 0 aliphatic carbocycles. The van der Waals surface area contributed by atoms with E-state index in [1.807, 2.05) is 38.9 Å². The van der Waals surface area contributed by atoms with Crippen LogP contribution in [0, 0.1) is 13.8 Å². The highest BCUT2D eigenvalue weighted by Crippen LogP contribution is 2.32. The van der Waals surface area contributed by atoms with E-state index in [0.717, 1.165) is 28.9 Å². The zero-order chi connectivity index (χ0) is 21.9. The Morgan fingerprint density at radius 1 is 1.07 bits per heavy atom. The van der Waals surface area contributed by atoms with Gasteiger partial charge in [0.15, 0.2) is 0 Å². The fourth-order valence-electron chi connectivity index (χ4n) is 2.91. The van der Waals surface area contributed by atoms with Crippen LogP contribution in [0.5, 0.6) is 0 Å². The molecule has 0 aliphatic rings. The second-order valence-corrected chi connectivity index (χ2v) is 7.38. The summed E-state index contributed by atoms with van der Waals surface area (Å²) in [5.41, 5.74) is 2.58. The van der Waals surface area contributed by atoms with Gasteiger partial charge in [-0.25, -0.2) is 4.99 Å². The van der Waals surface area contributed by atoms with E-state index in [1.54, 1.807) is 32.4 Å². The number of rotatable bonds is 5. The number of benzene rings is 2. The molecule has 0 N–H and O–H groups in total. The van der Waals surface area contributed by atoms with E-state index in [-0.39, 0.29) is 5.91 Å². The maximum Gasteiger partial charge on any atom is 0.416 e. The van der Waals surface area contributed by atoms with Crippen molar-refractivity contribution in [2.45, 2.75) is 33.0 Å². The second-order valence-electron chi connectivity index (χ2n) is 7.38. The van der Waals surface area contributed by atoms with Crippen molar-refractivity contribution in [1.82, 2.24) is 9.80 Å². The van der Waals surface area contributed by atoms with Crippen LogP contribution in [-0.2, 0) is 6.18 Å². The maximum atomic E-state index is 13.0. The van der Waals surface area contributed by atoms with Crippen LogP contribution in [-0.4, -0.2) is 43.2 Å². The van der Waals surface area contributed by atoms with Gasteiger partial charge in [-0.05, 0) is 61.7 Å². The lowest BCUT2D eigenvalue weighted by Gasteiger charge is -2.27. The fraction of sp³-hybridized carbons (Fsp3) is 0.364. The molecule has 1 unspecified atom stereocenters. The average molecular weight is 405 g/mol. The standard InChI is InChI=1S/C22H26F3N3O/c1-14-11-20(26-13-27(4)5)15(2)10-19(14)21(29)28(6)16(3)17-8-7-9-18(12-17)22(23,24)25/h7-13,16H,1-6H3. The lowest BCUT2D eigenvalue weighted by atomic mass is 10.00. The van der Waals surface area contributed by atoms with Gasteiger partial charge in [0.25, 0.3) is 5.91 Å². The molecule has 0 fully saturated rings. The van der Waals surface area contributed by atoms with Crippen molar-refractivity contribution in [3.8, 4) is 0 Å². The van der Waals surface area contributed by atoms with Crippen LogP contribution in [0.1, 0.15) is 45.6 Å². The van der Waals surface area contributed by atoms with Gasteiger partial charge >= 0.3 is 6.18 Å². The number of aryl methyl sites for hydroxylation is 2. The lowest BCUT2D eigenvalue weighted by molar-refractivity contribution is -0.137. The van der Waals surface area contributed by atoms with Crippen LogP contribution in [0.3, 0.4) is 0 Å². The third-order valence-electron chi connectivity index (χ3n) is 4.80. The van der Waals surface area contributed by atoms with Gasteiger partial charge in [-0.3, -0.25) is 4.79 Å². The molecule has 0 saturated carbocycles. The molecule has 1 amide bonds. The Morgan fingerprint density at radius 3 is 2.31 bits per heavy atom. The molecule has 2 rings (SSSR count). The van der Waals surface area contributed by atoms with Crippen LogP contribution in [0.2, 0.25) is 0 Å². The van der Waals surface area contributed by atoms with Crippen molar-refractivity contribution >= 4 is 17.9 Å². The summed E-state index contributed by atoms with van der Waals surface area (Å²) in [5, 5.41) is 0. The van der Waals surface area contributed by atoms with Crippen LogP contribution in [0.25, 0.3) is 0 Å². The van der Waals surface area contributed by atoms with Crippen molar-refractivity contribution in [3.05, 3.63) is 64.2 Å². The Bertz CT molecular complexity index is 920. The minimum absolute atomic E-state index is 0.251. The van der Waals surface area contributed by atoms with Gasteiger partial charge in [0.05, 0.1) is 23.6 Å². The molecule has 4 nitrogen and oxygen atoms in total. The van der Waals surface area contributed by atoms with E-state index in [4.69, 9.17) is 0 Å². The van der Waals surface area contributed by atoms with Crippen molar-refractivity contribution in [2.24, 2.45) is 4.99 Å². The molecule has 7 heteroatoms. The molecule has 0 aliphatic heterocycles. The van der Waals surface area contributed by atoms with Crippen molar-refractivity contribution in [1.29, 1.82) is 0 Å². The summed E-state index contributed by atoms with van der Waals surface area (Å²) in [5.74, 6) is -0.251. The van der Waals surface area contributed by atoms with Gasteiger partial charge in [0, 0.05) is 26.7 Å². The predicted molar refractivity (Wildman–Crippen MR) is 110 cm³/mol. The van der Waals surface area contributed by atoms with Crippen LogP contribution in [0.4, 0.5) is 18.9 Å². The number of carbonyl (C=O) groups excluding carboxylic acids is 1. The summed E-state index contributed by atoms with van der Waals surface area (Å²) >= 11 is 0. The van der Waals surface area contributed by atoms with Crippen molar-refractivity contribution in [3.63, 3.8) is 0 Å². The van der Waals surface area contributed by atoms with E-state index in [1.165, 1.54) is 11.0 Å². The number of carbonyl (C=O) groups is 1. The van der Waals surface area contributed by atoms with Crippen LogP contribution < -0.4 is 0 Å². The quantitative estimate of drug-likeness (QED) is 0.495. The smallest absolute Gasteiger partial charge is 0.369 e. The molecule has 29 heavy (non-hydrogen) atoms. The Kier molecular flexibility index (Phi) is 6.72. The average Bonchev–Trinajstić information content (AvgIpc) is 2.65. The van der Waals surface area contributed by atoms with Crippen molar-refractivity contribution < 1.29 is 18.0 Å². The SMILES string of the molecule is Cc1cc(C(=O)N(C)C(C)c2cccc(C(F)(F)F)c2)c(C)cc1N=CN(C)C. The third-order valence-corrected chi connectivity index (χ3v) is 4.80. The molecular formula is C22H26F3N3O. The van der Waals surface area contributed by atoms with Gasteiger partial charge in [-0.15, -0.1) is 0 Å². The predicted octanol–water partition coefficient (Wildman–Crippen LogP) is 5.38. The Balaban J connectivity index is 2.31. The first-order valence-corrected chi connectivity index (χ1v) is 9.18. The summed E-state index contributed by atoms with van der Waals surface area (Å²) in [6.07, 6.45) is -2.74. The van der Waals surface area contributed by atoms with Gasteiger partial charge in [-0.2, -0.15) is 13.2 Å². The molecule has 0 aromatic heterocycles. The van der Waals surface area contributed by atoms with E-state index in [9.17, 15) is 18.0 Å². The van der Waals surface area contributed by atoms with E-state index in [0.29, 0.717) is 11.1 Å². The molecule has 0 spiro atoms. The first-order valence-electron chi connectivity index (χ1n) is 9.18. The van der Waals surface area contributed by atoms with Gasteiger partial charge in [0.2, 0.25) is 0 Å². The van der Waals surface area contributed by atoms with Crippen LogP contribution >= 0.6 is 0 Å². The number of hydrogen-bond acceptors (Lipinski definition) is 2. The summed E-state index contributed by atoms with van der Waals surface area (Å²) in [6.45, 7) is 5.41. The molecule has 0 radical (unpaired) electrons. The molecule has 0 saturated heterocycles. The minimum Gasteiger partial charge on any atom is -0.369 e. The monoisotopic (exact) mass is 405 g/mol. The number of halogens is 3. The van der Waals surface area contributed by atoms with E-state index in [2.05, 4.69) is 4.99 Å². The summed E-state index contributed by atoms with van der Waals surface area (Å²) in [7, 11) is 5.33. The first-order chi connectivity index (χ1) is 13.4. The van der Waals surface area contributed by atoms with Crippen LogP contribution in [0.15, 0.2) is 41.4 Å². The van der Waals surface area contributed by atoms with E-state index < -0.39 is 17.8 Å². The highest BCUT2D eigenvalue weighted by molar-refractivity contribution is 5.96. The lowest BCUT2D eigenvalue weighted by Crippen LogP contribution is -2.30. The Morgan fingerprint density at radius 2 is 1.72 bits per heavy atom.